The molecule has 4 rings (SSSR count). The van der Waals surface area contributed by atoms with Crippen LogP contribution >= 0.6 is 0 Å². The second-order valence-corrected chi connectivity index (χ2v) is 9.13. The smallest absolute Gasteiger partial charge is 0.272 e. The first-order chi connectivity index (χ1) is 15.5. The predicted octanol–water partition coefficient (Wildman–Crippen LogP) is 3.42. The van der Waals surface area contributed by atoms with Gasteiger partial charge in [0.25, 0.3) is 5.91 Å². The van der Waals surface area contributed by atoms with Crippen LogP contribution in [0.5, 0.6) is 0 Å². The number of rotatable bonds is 8. The Hall–Kier alpha value is -2.67. The number of benzene rings is 1. The zero-order chi connectivity index (χ0) is 22.7. The maximum absolute atomic E-state index is 13.3. The number of aryl methyl sites for hydroxylation is 1. The van der Waals surface area contributed by atoms with E-state index in [1.807, 2.05) is 41.9 Å². The zero-order valence-corrected chi connectivity index (χ0v) is 19.2. The lowest BCUT2D eigenvalue weighted by molar-refractivity contribution is -0.133. The molecule has 2 amide bonds. The summed E-state index contributed by atoms with van der Waals surface area (Å²) < 4.78 is 1.89. The Kier molecular flexibility index (Phi) is 6.94. The fraction of sp³-hybridized carbons (Fsp3) is 0.560. The highest BCUT2D eigenvalue weighted by atomic mass is 16.3. The minimum atomic E-state index is -0.143. The Labute approximate surface area is 190 Å². The summed E-state index contributed by atoms with van der Waals surface area (Å²) in [7, 11) is 0. The Morgan fingerprint density at radius 3 is 2.69 bits per heavy atom. The molecule has 0 radical (unpaired) electrons. The van der Waals surface area contributed by atoms with Gasteiger partial charge in [0.15, 0.2) is 0 Å². The molecule has 1 aromatic heterocycles. The Morgan fingerprint density at radius 2 is 1.97 bits per heavy atom. The maximum Gasteiger partial charge on any atom is 0.272 e. The van der Waals surface area contributed by atoms with E-state index in [0.717, 1.165) is 49.8 Å². The average molecular weight is 439 g/mol. The summed E-state index contributed by atoms with van der Waals surface area (Å²) >= 11 is 0. The molecule has 0 saturated carbocycles. The van der Waals surface area contributed by atoms with Crippen molar-refractivity contribution in [2.45, 2.75) is 64.5 Å². The van der Waals surface area contributed by atoms with Gasteiger partial charge in [0.1, 0.15) is 12.2 Å². The number of amides is 2. The summed E-state index contributed by atoms with van der Waals surface area (Å²) in [6.45, 7) is 5.41. The number of fused-ring (bicyclic) bond motifs is 1. The van der Waals surface area contributed by atoms with Crippen LogP contribution in [0, 0.1) is 6.92 Å². The van der Waals surface area contributed by atoms with E-state index in [0.29, 0.717) is 18.8 Å². The van der Waals surface area contributed by atoms with Gasteiger partial charge in [-0.05, 0) is 32.3 Å². The van der Waals surface area contributed by atoms with Crippen molar-refractivity contribution in [2.24, 2.45) is 0 Å². The normalized spacial score (nSPS) is 20.7. The van der Waals surface area contributed by atoms with Crippen molar-refractivity contribution in [3.63, 3.8) is 0 Å². The number of aromatic nitrogens is 2. The molecule has 1 N–H and O–H groups in total. The number of aliphatic hydroxyl groups is 1. The molecule has 7 nitrogen and oxygen atoms in total. The highest BCUT2D eigenvalue weighted by Gasteiger charge is 2.36. The highest BCUT2D eigenvalue weighted by Crippen LogP contribution is 2.30. The van der Waals surface area contributed by atoms with Crippen LogP contribution in [0.4, 0.5) is 0 Å². The molecule has 1 saturated heterocycles. The molecule has 2 aliphatic heterocycles. The van der Waals surface area contributed by atoms with E-state index in [1.54, 1.807) is 9.80 Å². The fourth-order valence-electron chi connectivity index (χ4n) is 4.86. The van der Waals surface area contributed by atoms with Crippen molar-refractivity contribution in [2.75, 3.05) is 26.2 Å². The van der Waals surface area contributed by atoms with Gasteiger partial charge in [0.2, 0.25) is 5.91 Å². The number of nitrogens with zero attached hydrogens (tertiary/aromatic N) is 4. The van der Waals surface area contributed by atoms with E-state index < -0.39 is 0 Å². The molecule has 2 aliphatic rings. The lowest BCUT2D eigenvalue weighted by Crippen LogP contribution is -2.49. The van der Waals surface area contributed by atoms with Gasteiger partial charge in [-0.2, -0.15) is 5.10 Å². The van der Waals surface area contributed by atoms with Gasteiger partial charge in [-0.25, -0.2) is 0 Å². The van der Waals surface area contributed by atoms with Crippen molar-refractivity contribution in [1.82, 2.24) is 19.6 Å². The predicted molar refractivity (Wildman–Crippen MR) is 123 cm³/mol. The second kappa shape index (κ2) is 9.86. The summed E-state index contributed by atoms with van der Waals surface area (Å²) in [5.74, 6) is -0.218. The first-order valence-electron chi connectivity index (χ1n) is 11.9. The number of unbranched alkanes of at least 4 members (excludes halogenated alkanes) is 2. The van der Waals surface area contributed by atoms with E-state index in [4.69, 9.17) is 5.10 Å². The quantitative estimate of drug-likeness (QED) is 0.641. The summed E-state index contributed by atoms with van der Waals surface area (Å²) in [6, 6.07) is 9.96. The topological polar surface area (TPSA) is 78.7 Å². The number of aliphatic hydroxyl groups excluding tert-OH is 1. The van der Waals surface area contributed by atoms with E-state index in [9.17, 15) is 14.7 Å². The van der Waals surface area contributed by atoms with Gasteiger partial charge in [0.05, 0.1) is 24.4 Å². The van der Waals surface area contributed by atoms with Crippen molar-refractivity contribution >= 4 is 11.8 Å². The van der Waals surface area contributed by atoms with Crippen LogP contribution in [0.25, 0.3) is 11.3 Å². The minimum absolute atomic E-state index is 0.0218. The third-order valence-electron chi connectivity index (χ3n) is 6.74. The van der Waals surface area contributed by atoms with Crippen LogP contribution in [0.15, 0.2) is 30.3 Å². The molecule has 2 aromatic rings. The molecule has 7 heteroatoms. The molecule has 1 aromatic carbocycles. The van der Waals surface area contributed by atoms with Crippen LogP contribution in [0.2, 0.25) is 0 Å². The molecule has 0 spiro atoms. The molecule has 3 heterocycles. The monoisotopic (exact) mass is 438 g/mol. The van der Waals surface area contributed by atoms with E-state index in [1.165, 1.54) is 5.56 Å². The van der Waals surface area contributed by atoms with Gasteiger partial charge in [-0.15, -0.1) is 0 Å². The van der Waals surface area contributed by atoms with Gasteiger partial charge in [-0.3, -0.25) is 14.3 Å². The SMILES string of the molecule is CCCCCC1CN(CC(=O)N2CCCC2CO)C(=O)c2cc(-c3ccc(C)cc3)nn21. The molecule has 32 heavy (non-hydrogen) atoms. The zero-order valence-electron chi connectivity index (χ0n) is 19.2. The average Bonchev–Trinajstić information content (AvgIpc) is 3.45. The fourth-order valence-corrected chi connectivity index (χ4v) is 4.86. The maximum atomic E-state index is 13.3. The summed E-state index contributed by atoms with van der Waals surface area (Å²) in [4.78, 5) is 29.7. The number of carbonyl (C=O) groups excluding carboxylic acids is 2. The lowest BCUT2D eigenvalue weighted by Gasteiger charge is -2.34. The molecule has 0 bridgehead atoms. The molecule has 0 aliphatic carbocycles. The molecule has 172 valence electrons. The summed E-state index contributed by atoms with van der Waals surface area (Å²) in [6.07, 6.45) is 5.98. The Morgan fingerprint density at radius 1 is 1.19 bits per heavy atom. The van der Waals surface area contributed by atoms with Crippen LogP contribution in [-0.4, -0.2) is 68.8 Å². The van der Waals surface area contributed by atoms with Crippen LogP contribution in [-0.2, 0) is 4.79 Å². The van der Waals surface area contributed by atoms with Crippen LogP contribution < -0.4 is 0 Å². The number of likely N-dealkylation sites (tertiary alicyclic amines) is 1. The van der Waals surface area contributed by atoms with Crippen molar-refractivity contribution in [3.05, 3.63) is 41.6 Å². The molecular weight excluding hydrogens is 404 g/mol. The Bertz CT molecular complexity index is 953. The highest BCUT2D eigenvalue weighted by molar-refractivity contribution is 5.97. The molecule has 1 fully saturated rings. The van der Waals surface area contributed by atoms with Crippen molar-refractivity contribution in [1.29, 1.82) is 0 Å². The number of carbonyl (C=O) groups is 2. The first-order valence-corrected chi connectivity index (χ1v) is 11.9. The van der Waals surface area contributed by atoms with Gasteiger partial charge < -0.3 is 14.9 Å². The molecular formula is C25H34N4O3. The van der Waals surface area contributed by atoms with Crippen LogP contribution in [0.1, 0.15) is 67.5 Å². The standard InChI is InChI=1S/C25H34N4O3/c1-3-4-5-7-20-15-27(16-24(31)28-13-6-8-21(28)17-30)25(32)23-14-22(26-29(20)23)19-11-9-18(2)10-12-19/h9-12,14,20-21,30H,3-8,13,15-17H2,1-2H3. The van der Waals surface area contributed by atoms with Crippen molar-refractivity contribution < 1.29 is 14.7 Å². The third kappa shape index (κ3) is 4.58. The van der Waals surface area contributed by atoms with E-state index in [-0.39, 0.29) is 37.0 Å². The largest absolute Gasteiger partial charge is 0.394 e. The first kappa shape index (κ1) is 22.5. The lowest BCUT2D eigenvalue weighted by atomic mass is 10.0. The summed E-state index contributed by atoms with van der Waals surface area (Å²) in [5, 5.41) is 14.4. The van der Waals surface area contributed by atoms with Gasteiger partial charge in [-0.1, -0.05) is 56.0 Å². The Balaban J connectivity index is 1.58. The second-order valence-electron chi connectivity index (χ2n) is 9.13. The minimum Gasteiger partial charge on any atom is -0.394 e. The van der Waals surface area contributed by atoms with Gasteiger partial charge in [0, 0.05) is 18.7 Å². The molecule has 2 atom stereocenters. The molecule has 2 unspecified atom stereocenters. The summed E-state index contributed by atoms with van der Waals surface area (Å²) in [5.41, 5.74) is 3.52. The van der Waals surface area contributed by atoms with Gasteiger partial charge >= 0.3 is 0 Å². The number of hydrogen-bond donors (Lipinski definition) is 1. The third-order valence-corrected chi connectivity index (χ3v) is 6.74. The van der Waals surface area contributed by atoms with Crippen LogP contribution in [0.3, 0.4) is 0 Å². The van der Waals surface area contributed by atoms with E-state index in [2.05, 4.69) is 6.92 Å². The van der Waals surface area contributed by atoms with Crippen molar-refractivity contribution in [3.8, 4) is 11.3 Å². The van der Waals surface area contributed by atoms with E-state index >= 15 is 0 Å². The number of hydrogen-bond acceptors (Lipinski definition) is 4.